The molecule has 23 heavy (non-hydrogen) atoms. The summed E-state index contributed by atoms with van der Waals surface area (Å²) in [4.78, 5) is 0. The Bertz CT molecular complexity index is 683. The van der Waals surface area contributed by atoms with Gasteiger partial charge in [0.25, 0.3) is 0 Å². The second kappa shape index (κ2) is 8.52. The van der Waals surface area contributed by atoms with E-state index in [2.05, 4.69) is 12.2 Å². The Morgan fingerprint density at radius 2 is 1.78 bits per heavy atom. The monoisotopic (exact) mass is 346 g/mol. The van der Waals surface area contributed by atoms with E-state index in [9.17, 15) is 5.11 Å². The van der Waals surface area contributed by atoms with Crippen LogP contribution in [0.2, 0.25) is 0 Å². The fourth-order valence-electron chi connectivity index (χ4n) is 2.77. The molecule has 3 heteroatoms. The van der Waals surface area contributed by atoms with E-state index in [4.69, 9.17) is 4.42 Å². The number of hydrogen-bond acceptors (Lipinski definition) is 2. The first-order chi connectivity index (χ1) is 10.9. The molecule has 1 aromatic carbocycles. The van der Waals surface area contributed by atoms with Gasteiger partial charge in [-0.15, -0.1) is 0 Å². The molecule has 2 aromatic rings. The maximum absolute atomic E-state index is 12.3. The molecule has 1 fully saturated rings. The third-order valence-corrected chi connectivity index (χ3v) is 3.80. The van der Waals surface area contributed by atoms with Crippen LogP contribution in [0, 0.1) is 0 Å². The molecular weight excluding hydrogens is 328 g/mol. The van der Waals surface area contributed by atoms with Crippen LogP contribution in [0.15, 0.2) is 94.2 Å². The van der Waals surface area contributed by atoms with Crippen LogP contribution in [0.1, 0.15) is 25.0 Å². The predicted molar refractivity (Wildman–Crippen MR) is 86.8 cm³/mol. The van der Waals surface area contributed by atoms with E-state index in [0.717, 1.165) is 24.8 Å². The molecule has 1 aromatic heterocycles. The van der Waals surface area contributed by atoms with E-state index in [-0.39, 0.29) is 22.8 Å². The molecule has 2 nitrogen and oxygen atoms in total. The van der Waals surface area contributed by atoms with Crippen LogP contribution in [0.3, 0.4) is 0 Å². The fourth-order valence-corrected chi connectivity index (χ4v) is 2.77. The molecule has 0 N–H and O–H groups in total. The summed E-state index contributed by atoms with van der Waals surface area (Å²) in [5.74, 6) is 0.495. The summed E-state index contributed by atoms with van der Waals surface area (Å²) >= 11 is 0. The largest absolute Gasteiger partial charge is 2.00 e. The van der Waals surface area contributed by atoms with Gasteiger partial charge in [0.15, 0.2) is 0 Å². The van der Waals surface area contributed by atoms with Crippen LogP contribution in [0.4, 0.5) is 0 Å². The minimum absolute atomic E-state index is 0. The van der Waals surface area contributed by atoms with Crippen LogP contribution in [0.5, 0.6) is 0 Å². The van der Waals surface area contributed by atoms with Gasteiger partial charge in [-0.2, -0.15) is 18.2 Å². The number of rotatable bonds is 1. The molecular formula is C20H18FeO2. The van der Waals surface area contributed by atoms with Crippen molar-refractivity contribution in [3.63, 3.8) is 0 Å². The Balaban J connectivity index is 0.000000276. The maximum atomic E-state index is 12.3. The van der Waals surface area contributed by atoms with Crippen LogP contribution >= 0.6 is 0 Å². The zero-order valence-corrected chi connectivity index (χ0v) is 13.8. The minimum atomic E-state index is 0. The number of furan rings is 1. The third kappa shape index (κ3) is 4.22. The van der Waals surface area contributed by atoms with Gasteiger partial charge in [-0.25, -0.2) is 12.1 Å². The van der Waals surface area contributed by atoms with E-state index >= 15 is 0 Å². The minimum Gasteiger partial charge on any atom is -0.870 e. The van der Waals surface area contributed by atoms with Gasteiger partial charge >= 0.3 is 17.1 Å². The topological polar surface area (TPSA) is 36.2 Å². The third-order valence-electron chi connectivity index (χ3n) is 3.80. The van der Waals surface area contributed by atoms with Crippen molar-refractivity contribution in [3.05, 3.63) is 95.5 Å². The Morgan fingerprint density at radius 1 is 1.04 bits per heavy atom. The van der Waals surface area contributed by atoms with Crippen LogP contribution in [-0.2, 0) is 17.1 Å². The summed E-state index contributed by atoms with van der Waals surface area (Å²) < 4.78 is 5.19. The standard InChI is InChI=1S/C15H14O2.C5H5.Fe/c16-15(14-9-4-10-17-14)13-8-3-7-12(13)11-5-1-2-6-11;1-2-4-5-3-1;/h1-2,4-6,9-10,16H,3,7-8H2;1-5H;/q;-1;+2/p-1. The Kier molecular flexibility index (Phi) is 6.39. The van der Waals surface area contributed by atoms with Gasteiger partial charge in [-0.3, -0.25) is 0 Å². The summed E-state index contributed by atoms with van der Waals surface area (Å²) in [5, 5.41) is 12.3. The first kappa shape index (κ1) is 17.3. The molecule has 2 aliphatic rings. The molecule has 0 saturated heterocycles. The van der Waals surface area contributed by atoms with Crippen LogP contribution in [0.25, 0.3) is 5.76 Å². The maximum Gasteiger partial charge on any atom is 2.00 e. The summed E-state index contributed by atoms with van der Waals surface area (Å²) in [6.45, 7) is 0. The van der Waals surface area contributed by atoms with Gasteiger partial charge < -0.3 is 9.52 Å². The van der Waals surface area contributed by atoms with Crippen molar-refractivity contribution < 1.29 is 26.6 Å². The zero-order chi connectivity index (χ0) is 15.2. The number of hydrogen-bond donors (Lipinski definition) is 0. The average Bonchev–Trinajstić information content (AvgIpc) is 3.39. The van der Waals surface area contributed by atoms with Gasteiger partial charge in [0.1, 0.15) is 5.76 Å². The SMILES string of the molecule is [Fe+2].[O-]C(=C1CCCC1=C1C=CC=C1)c1ccco1.c1cc[cH-]c1. The van der Waals surface area contributed by atoms with Crippen molar-refractivity contribution in [2.24, 2.45) is 0 Å². The van der Waals surface area contributed by atoms with Crippen LogP contribution in [-0.4, -0.2) is 0 Å². The molecule has 1 saturated carbocycles. The molecule has 0 spiro atoms. The second-order valence-corrected chi connectivity index (χ2v) is 5.25. The molecule has 2 aliphatic carbocycles. The number of allylic oxidation sites excluding steroid dienone is 7. The first-order valence-corrected chi connectivity index (χ1v) is 7.55. The van der Waals surface area contributed by atoms with Crippen molar-refractivity contribution in [2.75, 3.05) is 0 Å². The first-order valence-electron chi connectivity index (χ1n) is 7.55. The normalized spacial score (nSPS) is 17.7. The molecule has 0 amide bonds. The quantitative estimate of drug-likeness (QED) is 0.437. The Labute approximate surface area is 147 Å². The van der Waals surface area contributed by atoms with Gasteiger partial charge in [0, 0.05) is 0 Å². The molecule has 0 bridgehead atoms. The van der Waals surface area contributed by atoms with Gasteiger partial charge in [0.2, 0.25) is 0 Å². The zero-order valence-electron chi connectivity index (χ0n) is 12.7. The summed E-state index contributed by atoms with van der Waals surface area (Å²) in [6.07, 6.45) is 12.6. The molecule has 0 atom stereocenters. The van der Waals surface area contributed by atoms with E-state index in [1.165, 1.54) is 11.1 Å². The molecule has 1 heterocycles. The molecule has 118 valence electrons. The summed E-state index contributed by atoms with van der Waals surface area (Å²) in [6, 6.07) is 13.5. The molecule has 0 radical (unpaired) electrons. The average molecular weight is 346 g/mol. The predicted octanol–water partition coefficient (Wildman–Crippen LogP) is 4.36. The summed E-state index contributed by atoms with van der Waals surface area (Å²) in [7, 11) is 0. The van der Waals surface area contributed by atoms with E-state index in [1.807, 2.05) is 42.5 Å². The molecule has 0 aliphatic heterocycles. The Morgan fingerprint density at radius 3 is 2.35 bits per heavy atom. The van der Waals surface area contributed by atoms with Gasteiger partial charge in [0.05, 0.1) is 6.26 Å². The molecule has 0 unspecified atom stereocenters. The van der Waals surface area contributed by atoms with E-state index in [1.54, 1.807) is 18.4 Å². The van der Waals surface area contributed by atoms with Crippen molar-refractivity contribution in [1.82, 2.24) is 0 Å². The Hall–Kier alpha value is -2.09. The fraction of sp³-hybridized carbons (Fsp3) is 0.150. The van der Waals surface area contributed by atoms with Gasteiger partial charge in [-0.05, 0) is 48.1 Å². The summed E-state index contributed by atoms with van der Waals surface area (Å²) in [5.41, 5.74) is 3.29. The van der Waals surface area contributed by atoms with Crippen molar-refractivity contribution >= 4 is 5.76 Å². The van der Waals surface area contributed by atoms with Gasteiger partial charge in [-0.1, -0.05) is 30.1 Å². The van der Waals surface area contributed by atoms with E-state index in [0.29, 0.717) is 5.76 Å². The van der Waals surface area contributed by atoms with Crippen LogP contribution < -0.4 is 5.11 Å². The van der Waals surface area contributed by atoms with E-state index < -0.39 is 0 Å². The smallest absolute Gasteiger partial charge is 0.870 e. The van der Waals surface area contributed by atoms with Crippen molar-refractivity contribution in [2.45, 2.75) is 19.3 Å². The van der Waals surface area contributed by atoms with Crippen molar-refractivity contribution in [3.8, 4) is 0 Å². The second-order valence-electron chi connectivity index (χ2n) is 5.25. The van der Waals surface area contributed by atoms with Crippen molar-refractivity contribution in [1.29, 1.82) is 0 Å². The molecule has 4 rings (SSSR count).